The van der Waals surface area contributed by atoms with Crippen LogP contribution in [-0.2, 0) is 9.53 Å². The number of nitrogens with two attached hydrogens (primary N) is 1. The molecule has 1 rings (SSSR count). The average molecular weight is 300 g/mol. The van der Waals surface area contributed by atoms with Gasteiger partial charge >= 0.3 is 0 Å². The second kappa shape index (κ2) is 7.36. The van der Waals surface area contributed by atoms with Crippen LogP contribution in [0.25, 0.3) is 0 Å². The summed E-state index contributed by atoms with van der Waals surface area (Å²) in [6.07, 6.45) is 4.90. The number of carbonyl (C=O) groups excluding carboxylic acids is 1. The number of ether oxygens (including phenoxy) is 1. The molecule has 0 aromatic heterocycles. The van der Waals surface area contributed by atoms with Crippen LogP contribution in [-0.4, -0.2) is 29.6 Å². The highest BCUT2D eigenvalue weighted by atomic mass is 32.1. The Bertz CT molecular complexity index is 346. The van der Waals surface area contributed by atoms with Gasteiger partial charge in [0.2, 0.25) is 5.91 Å². The van der Waals surface area contributed by atoms with Crippen molar-refractivity contribution in [2.75, 3.05) is 13.2 Å². The monoisotopic (exact) mass is 300 g/mol. The van der Waals surface area contributed by atoms with Gasteiger partial charge in [0, 0.05) is 18.8 Å². The molecule has 1 amide bonds. The van der Waals surface area contributed by atoms with Gasteiger partial charge in [-0.3, -0.25) is 4.79 Å². The first-order chi connectivity index (χ1) is 9.40. The molecule has 0 aromatic carbocycles. The standard InChI is InChI=1S/C15H28N2O2S/c1-4-6-15(7-5-2,12(16)20)13(18)17-14(3)8-10-19-11-9-14/h4-11H2,1-3H3,(H2,16,20)(H,17,18). The Kier molecular flexibility index (Phi) is 6.40. The first-order valence-corrected chi connectivity index (χ1v) is 8.01. The lowest BCUT2D eigenvalue weighted by Crippen LogP contribution is -2.57. The van der Waals surface area contributed by atoms with Gasteiger partial charge in [-0.15, -0.1) is 0 Å². The van der Waals surface area contributed by atoms with Crippen LogP contribution in [0.2, 0.25) is 0 Å². The summed E-state index contributed by atoms with van der Waals surface area (Å²) in [5.41, 5.74) is 5.04. The van der Waals surface area contributed by atoms with Crippen molar-refractivity contribution in [2.24, 2.45) is 11.1 Å². The van der Waals surface area contributed by atoms with Gasteiger partial charge in [0.1, 0.15) is 0 Å². The minimum absolute atomic E-state index is 0.00176. The molecule has 1 aliphatic rings. The third-order valence-corrected chi connectivity index (χ3v) is 4.66. The largest absolute Gasteiger partial charge is 0.392 e. The molecule has 0 unspecified atom stereocenters. The normalized spacial score (nSPS) is 18.6. The fraction of sp³-hybridized carbons (Fsp3) is 0.867. The SMILES string of the molecule is CCCC(CCC)(C(=O)NC1(C)CCOCC1)C(N)=S. The van der Waals surface area contributed by atoms with Crippen molar-refractivity contribution in [2.45, 2.75) is 64.8 Å². The van der Waals surface area contributed by atoms with E-state index in [-0.39, 0.29) is 11.4 Å². The molecule has 0 radical (unpaired) electrons. The third kappa shape index (κ3) is 3.92. The van der Waals surface area contributed by atoms with Crippen molar-refractivity contribution < 1.29 is 9.53 Å². The van der Waals surface area contributed by atoms with E-state index < -0.39 is 5.41 Å². The zero-order valence-electron chi connectivity index (χ0n) is 13.0. The van der Waals surface area contributed by atoms with Gasteiger partial charge in [-0.25, -0.2) is 0 Å². The van der Waals surface area contributed by atoms with Gasteiger partial charge in [-0.05, 0) is 32.6 Å². The van der Waals surface area contributed by atoms with E-state index in [4.69, 9.17) is 22.7 Å². The second-order valence-electron chi connectivity index (χ2n) is 6.07. The topological polar surface area (TPSA) is 64.3 Å². The van der Waals surface area contributed by atoms with Gasteiger partial charge in [-0.2, -0.15) is 0 Å². The Labute approximate surface area is 127 Å². The Morgan fingerprint density at radius 1 is 1.30 bits per heavy atom. The van der Waals surface area contributed by atoms with Crippen LogP contribution >= 0.6 is 12.2 Å². The molecule has 0 aliphatic carbocycles. The lowest BCUT2D eigenvalue weighted by Gasteiger charge is -2.39. The summed E-state index contributed by atoms with van der Waals surface area (Å²) in [4.78, 5) is 13.2. The van der Waals surface area contributed by atoms with E-state index in [9.17, 15) is 4.79 Å². The molecule has 116 valence electrons. The van der Waals surface area contributed by atoms with Gasteiger partial charge in [0.05, 0.1) is 10.4 Å². The lowest BCUT2D eigenvalue weighted by molar-refractivity contribution is -0.131. The van der Waals surface area contributed by atoms with Crippen molar-refractivity contribution in [3.8, 4) is 0 Å². The van der Waals surface area contributed by atoms with Crippen LogP contribution in [0.3, 0.4) is 0 Å². The van der Waals surface area contributed by atoms with Gasteiger partial charge in [0.15, 0.2) is 0 Å². The molecule has 1 aliphatic heterocycles. The third-order valence-electron chi connectivity index (χ3n) is 4.27. The van der Waals surface area contributed by atoms with Crippen LogP contribution in [0.1, 0.15) is 59.3 Å². The number of hydrogen-bond acceptors (Lipinski definition) is 3. The zero-order valence-corrected chi connectivity index (χ0v) is 13.8. The summed E-state index contributed by atoms with van der Waals surface area (Å²) < 4.78 is 5.37. The van der Waals surface area contributed by atoms with E-state index >= 15 is 0 Å². The van der Waals surface area contributed by atoms with Gasteiger partial charge in [0.25, 0.3) is 0 Å². The molecule has 0 aromatic rings. The number of amides is 1. The van der Waals surface area contributed by atoms with Crippen molar-refractivity contribution in [1.29, 1.82) is 0 Å². The van der Waals surface area contributed by atoms with Crippen molar-refractivity contribution in [3.63, 3.8) is 0 Å². The highest BCUT2D eigenvalue weighted by Gasteiger charge is 2.42. The summed E-state index contributed by atoms with van der Waals surface area (Å²) in [6, 6.07) is 0. The van der Waals surface area contributed by atoms with Crippen LogP contribution in [0.15, 0.2) is 0 Å². The average Bonchev–Trinajstić information content (AvgIpc) is 2.38. The number of hydrogen-bond donors (Lipinski definition) is 2. The fourth-order valence-corrected chi connectivity index (χ4v) is 3.20. The van der Waals surface area contributed by atoms with Crippen LogP contribution in [0, 0.1) is 5.41 Å². The highest BCUT2D eigenvalue weighted by Crippen LogP contribution is 2.32. The quantitative estimate of drug-likeness (QED) is 0.709. The first kappa shape index (κ1) is 17.4. The minimum Gasteiger partial charge on any atom is -0.392 e. The Morgan fingerprint density at radius 3 is 2.20 bits per heavy atom. The summed E-state index contributed by atoms with van der Waals surface area (Å²) in [5.74, 6) is -0.00176. The Hall–Kier alpha value is -0.680. The van der Waals surface area contributed by atoms with E-state index in [0.717, 1.165) is 25.7 Å². The van der Waals surface area contributed by atoms with E-state index in [1.165, 1.54) is 0 Å². The molecular weight excluding hydrogens is 272 g/mol. The lowest BCUT2D eigenvalue weighted by atomic mass is 9.77. The van der Waals surface area contributed by atoms with Crippen LogP contribution < -0.4 is 11.1 Å². The zero-order chi connectivity index (χ0) is 15.2. The number of thiocarbonyl (C=S) groups is 1. The summed E-state index contributed by atoms with van der Waals surface area (Å²) in [6.45, 7) is 7.59. The van der Waals surface area contributed by atoms with E-state index in [1.54, 1.807) is 0 Å². The van der Waals surface area contributed by atoms with Crippen molar-refractivity contribution in [3.05, 3.63) is 0 Å². The minimum atomic E-state index is -0.694. The van der Waals surface area contributed by atoms with E-state index in [1.807, 2.05) is 0 Å². The molecule has 1 heterocycles. The molecule has 1 saturated heterocycles. The van der Waals surface area contributed by atoms with Crippen LogP contribution in [0.5, 0.6) is 0 Å². The summed E-state index contributed by atoms with van der Waals surface area (Å²) >= 11 is 5.23. The van der Waals surface area contributed by atoms with Crippen molar-refractivity contribution in [1.82, 2.24) is 5.32 Å². The van der Waals surface area contributed by atoms with Gasteiger partial charge in [-0.1, -0.05) is 38.9 Å². The Morgan fingerprint density at radius 2 is 1.80 bits per heavy atom. The second-order valence-corrected chi connectivity index (χ2v) is 6.51. The summed E-state index contributed by atoms with van der Waals surface area (Å²) in [5, 5.41) is 3.20. The number of carbonyl (C=O) groups is 1. The molecule has 5 heteroatoms. The molecule has 0 bridgehead atoms. The maximum Gasteiger partial charge on any atom is 0.233 e. The molecular formula is C15H28N2O2S. The maximum absolute atomic E-state index is 12.8. The molecule has 1 fully saturated rings. The molecule has 20 heavy (non-hydrogen) atoms. The molecule has 0 spiro atoms. The molecule has 0 atom stereocenters. The van der Waals surface area contributed by atoms with Crippen molar-refractivity contribution >= 4 is 23.1 Å². The van der Waals surface area contributed by atoms with E-state index in [2.05, 4.69) is 26.1 Å². The fourth-order valence-electron chi connectivity index (χ4n) is 2.90. The smallest absolute Gasteiger partial charge is 0.233 e. The highest BCUT2D eigenvalue weighted by molar-refractivity contribution is 7.80. The molecule has 3 N–H and O–H groups in total. The number of nitrogens with one attached hydrogen (secondary N) is 1. The molecule has 0 saturated carbocycles. The van der Waals surface area contributed by atoms with Gasteiger partial charge < -0.3 is 15.8 Å². The maximum atomic E-state index is 12.8. The number of rotatable bonds is 7. The predicted octanol–water partition coefficient (Wildman–Crippen LogP) is 2.54. The molecule has 4 nitrogen and oxygen atoms in total. The Balaban J connectivity index is 2.89. The first-order valence-electron chi connectivity index (χ1n) is 7.60. The summed E-state index contributed by atoms with van der Waals surface area (Å²) in [7, 11) is 0. The predicted molar refractivity (Wildman–Crippen MR) is 85.6 cm³/mol. The van der Waals surface area contributed by atoms with E-state index in [0.29, 0.717) is 31.0 Å². The van der Waals surface area contributed by atoms with Crippen LogP contribution in [0.4, 0.5) is 0 Å².